The Kier molecular flexibility index (Phi) is 5.77. The van der Waals surface area contributed by atoms with Gasteiger partial charge in [0, 0.05) is 19.3 Å². The molecule has 1 fully saturated rings. The lowest BCUT2D eigenvalue weighted by atomic mass is 9.91. The number of ether oxygens (including phenoxy) is 1. The van der Waals surface area contributed by atoms with Gasteiger partial charge in [0.15, 0.2) is 0 Å². The predicted molar refractivity (Wildman–Crippen MR) is 69.7 cm³/mol. The number of rotatable bonds is 5. The van der Waals surface area contributed by atoms with E-state index in [0.29, 0.717) is 11.5 Å². The highest BCUT2D eigenvalue weighted by Crippen LogP contribution is 2.21. The van der Waals surface area contributed by atoms with Crippen molar-refractivity contribution >= 4 is 0 Å². The van der Waals surface area contributed by atoms with E-state index in [1.54, 1.807) is 0 Å². The third-order valence-corrected chi connectivity index (χ3v) is 3.40. The summed E-state index contributed by atoms with van der Waals surface area (Å²) in [6.45, 7) is 12.3. The highest BCUT2D eigenvalue weighted by molar-refractivity contribution is 4.72. The van der Waals surface area contributed by atoms with Crippen molar-refractivity contribution in [2.75, 3.05) is 19.8 Å². The van der Waals surface area contributed by atoms with Gasteiger partial charge in [-0.3, -0.25) is 0 Å². The average Bonchev–Trinajstić information content (AvgIpc) is 2.17. The van der Waals surface area contributed by atoms with Gasteiger partial charge in [-0.2, -0.15) is 0 Å². The minimum atomic E-state index is 0.450. The average molecular weight is 227 g/mol. The van der Waals surface area contributed by atoms with Crippen LogP contribution in [0.5, 0.6) is 0 Å². The van der Waals surface area contributed by atoms with Crippen molar-refractivity contribution in [1.82, 2.24) is 5.32 Å². The predicted octanol–water partition coefficient (Wildman–Crippen LogP) is 3.22. The second-order valence-electron chi connectivity index (χ2n) is 6.46. The smallest absolute Gasteiger partial charge is 0.0468 e. The van der Waals surface area contributed by atoms with E-state index in [9.17, 15) is 0 Å². The maximum absolute atomic E-state index is 5.39. The maximum atomic E-state index is 5.39. The van der Waals surface area contributed by atoms with Gasteiger partial charge in [0.2, 0.25) is 0 Å². The summed E-state index contributed by atoms with van der Waals surface area (Å²) in [5.41, 5.74) is 0.450. The molecule has 0 bridgehead atoms. The highest BCUT2D eigenvalue weighted by atomic mass is 16.5. The van der Waals surface area contributed by atoms with Gasteiger partial charge in [0.25, 0.3) is 0 Å². The Morgan fingerprint density at radius 2 is 1.88 bits per heavy atom. The van der Waals surface area contributed by atoms with Crippen LogP contribution in [0.3, 0.4) is 0 Å². The number of hydrogen-bond donors (Lipinski definition) is 1. The molecular weight excluding hydrogens is 198 g/mol. The van der Waals surface area contributed by atoms with Crippen LogP contribution in [-0.2, 0) is 4.74 Å². The molecule has 96 valence electrons. The summed E-state index contributed by atoms with van der Waals surface area (Å²) >= 11 is 0. The molecule has 0 aliphatic carbocycles. The molecule has 1 unspecified atom stereocenters. The van der Waals surface area contributed by atoms with Crippen molar-refractivity contribution in [2.45, 2.75) is 59.4 Å². The summed E-state index contributed by atoms with van der Waals surface area (Å²) in [5.74, 6) is 0.880. The number of hydrogen-bond acceptors (Lipinski definition) is 2. The first-order valence-corrected chi connectivity index (χ1v) is 6.78. The van der Waals surface area contributed by atoms with E-state index in [0.717, 1.165) is 25.7 Å². The highest BCUT2D eigenvalue weighted by Gasteiger charge is 2.17. The lowest BCUT2D eigenvalue weighted by Gasteiger charge is -2.26. The molecule has 1 saturated heterocycles. The summed E-state index contributed by atoms with van der Waals surface area (Å²) in [4.78, 5) is 0. The molecule has 0 aromatic heterocycles. The monoisotopic (exact) mass is 227 g/mol. The minimum Gasteiger partial charge on any atom is -0.381 e. The molecule has 0 radical (unpaired) electrons. The first-order chi connectivity index (χ1) is 7.47. The number of nitrogens with one attached hydrogen (secondary N) is 1. The lowest BCUT2D eigenvalue weighted by molar-refractivity contribution is 0.0611. The van der Waals surface area contributed by atoms with Crippen LogP contribution in [0.2, 0.25) is 0 Å². The van der Waals surface area contributed by atoms with Crippen molar-refractivity contribution < 1.29 is 4.74 Å². The van der Waals surface area contributed by atoms with Crippen LogP contribution in [0.25, 0.3) is 0 Å². The molecule has 1 aliphatic rings. The maximum Gasteiger partial charge on any atom is 0.0468 e. The van der Waals surface area contributed by atoms with Crippen LogP contribution < -0.4 is 5.32 Å². The minimum absolute atomic E-state index is 0.450. The second-order valence-corrected chi connectivity index (χ2v) is 6.46. The van der Waals surface area contributed by atoms with Gasteiger partial charge in [0.1, 0.15) is 0 Å². The third-order valence-electron chi connectivity index (χ3n) is 3.40. The van der Waals surface area contributed by atoms with E-state index in [2.05, 4.69) is 33.0 Å². The summed E-state index contributed by atoms with van der Waals surface area (Å²) in [7, 11) is 0. The molecule has 1 heterocycles. The zero-order valence-corrected chi connectivity index (χ0v) is 11.5. The standard InChI is InChI=1S/C14H29NO/c1-12(15-8-7-14(2,3)4)11-13-5-9-16-10-6-13/h12-13,15H,5-11H2,1-4H3. The first-order valence-electron chi connectivity index (χ1n) is 6.78. The van der Waals surface area contributed by atoms with E-state index < -0.39 is 0 Å². The molecule has 1 atom stereocenters. The summed E-state index contributed by atoms with van der Waals surface area (Å²) in [6, 6.07) is 0.658. The van der Waals surface area contributed by atoms with E-state index >= 15 is 0 Å². The van der Waals surface area contributed by atoms with Crippen LogP contribution >= 0.6 is 0 Å². The van der Waals surface area contributed by atoms with Crippen LogP contribution in [0, 0.1) is 11.3 Å². The second kappa shape index (κ2) is 6.61. The molecule has 2 nitrogen and oxygen atoms in total. The van der Waals surface area contributed by atoms with E-state index in [-0.39, 0.29) is 0 Å². The van der Waals surface area contributed by atoms with Crippen LogP contribution in [-0.4, -0.2) is 25.8 Å². The Bertz CT molecular complexity index is 180. The van der Waals surface area contributed by atoms with E-state index in [4.69, 9.17) is 4.74 Å². The van der Waals surface area contributed by atoms with Crippen LogP contribution in [0.1, 0.15) is 53.4 Å². The van der Waals surface area contributed by atoms with Crippen molar-refractivity contribution in [3.63, 3.8) is 0 Å². The molecule has 16 heavy (non-hydrogen) atoms. The fourth-order valence-electron chi connectivity index (χ4n) is 2.26. The van der Waals surface area contributed by atoms with Crippen molar-refractivity contribution in [3.8, 4) is 0 Å². The van der Waals surface area contributed by atoms with Gasteiger partial charge in [-0.15, -0.1) is 0 Å². The molecule has 0 aromatic rings. The summed E-state index contributed by atoms with van der Waals surface area (Å²) < 4.78 is 5.39. The third kappa shape index (κ3) is 6.49. The van der Waals surface area contributed by atoms with Crippen LogP contribution in [0.15, 0.2) is 0 Å². The van der Waals surface area contributed by atoms with Crippen molar-refractivity contribution in [2.24, 2.45) is 11.3 Å². The molecule has 0 spiro atoms. The van der Waals surface area contributed by atoms with Gasteiger partial charge in [0.05, 0.1) is 0 Å². The normalized spacial score (nSPS) is 21.0. The topological polar surface area (TPSA) is 21.3 Å². The Labute approximate surface area is 101 Å². The summed E-state index contributed by atoms with van der Waals surface area (Å²) in [5, 5.41) is 3.65. The zero-order chi connectivity index (χ0) is 12.0. The van der Waals surface area contributed by atoms with Gasteiger partial charge in [-0.25, -0.2) is 0 Å². The van der Waals surface area contributed by atoms with Crippen LogP contribution in [0.4, 0.5) is 0 Å². The van der Waals surface area contributed by atoms with Gasteiger partial charge in [-0.05, 0) is 50.5 Å². The summed E-state index contributed by atoms with van der Waals surface area (Å²) in [6.07, 6.45) is 5.08. The quantitative estimate of drug-likeness (QED) is 0.778. The first kappa shape index (κ1) is 14.0. The Balaban J connectivity index is 2.08. The molecule has 1 aliphatic heterocycles. The fourth-order valence-corrected chi connectivity index (χ4v) is 2.26. The molecule has 0 aromatic carbocycles. The van der Waals surface area contributed by atoms with E-state index in [1.165, 1.54) is 25.7 Å². The Hall–Kier alpha value is -0.0800. The SMILES string of the molecule is CC(CC1CCOCC1)NCCC(C)(C)C. The lowest BCUT2D eigenvalue weighted by Crippen LogP contribution is -2.32. The Morgan fingerprint density at radius 1 is 1.25 bits per heavy atom. The van der Waals surface area contributed by atoms with Crippen molar-refractivity contribution in [3.05, 3.63) is 0 Å². The van der Waals surface area contributed by atoms with Gasteiger partial charge >= 0.3 is 0 Å². The van der Waals surface area contributed by atoms with E-state index in [1.807, 2.05) is 0 Å². The Morgan fingerprint density at radius 3 is 2.44 bits per heavy atom. The van der Waals surface area contributed by atoms with Gasteiger partial charge in [-0.1, -0.05) is 20.8 Å². The largest absolute Gasteiger partial charge is 0.381 e. The molecule has 0 amide bonds. The zero-order valence-electron chi connectivity index (χ0n) is 11.5. The molecule has 2 heteroatoms. The molecular formula is C14H29NO. The fraction of sp³-hybridized carbons (Fsp3) is 1.00. The van der Waals surface area contributed by atoms with Crippen molar-refractivity contribution in [1.29, 1.82) is 0 Å². The molecule has 0 saturated carbocycles. The van der Waals surface area contributed by atoms with Gasteiger partial charge < -0.3 is 10.1 Å². The molecule has 1 rings (SSSR count). The molecule has 1 N–H and O–H groups in total.